The molecule has 0 unspecified atom stereocenters. The van der Waals surface area contributed by atoms with Crippen LogP contribution in [0.25, 0.3) is 0 Å². The lowest BCUT2D eigenvalue weighted by Crippen LogP contribution is -2.29. The van der Waals surface area contributed by atoms with Crippen LogP contribution in [0.15, 0.2) is 24.3 Å². The molecule has 0 aliphatic carbocycles. The number of benzene rings is 1. The number of carbonyl (C=O) groups is 2. The molecule has 0 aromatic heterocycles. The molecule has 5 heteroatoms. The zero-order valence-electron chi connectivity index (χ0n) is 7.73. The van der Waals surface area contributed by atoms with Crippen LogP contribution in [-0.4, -0.2) is 17.0 Å². The summed E-state index contributed by atoms with van der Waals surface area (Å²) in [4.78, 5) is 20.8. The quantitative estimate of drug-likeness (QED) is 0.676. The fourth-order valence-electron chi connectivity index (χ4n) is 0.955. The molecule has 5 nitrogen and oxygen atoms in total. The minimum atomic E-state index is -1.51. The molecule has 0 saturated heterocycles. The first-order valence-corrected chi connectivity index (χ1v) is 4.13. The van der Waals surface area contributed by atoms with Crippen LogP contribution in [0.1, 0.15) is 11.1 Å². The molecule has 76 valence electrons. The fourth-order valence-corrected chi connectivity index (χ4v) is 0.955. The number of hydrogen-bond donors (Lipinski definition) is 2. The SMILES string of the molecule is N#Cc1ccc(CNC(=O)C(=O)O)cc1. The van der Waals surface area contributed by atoms with Gasteiger partial charge in [-0.05, 0) is 17.7 Å². The van der Waals surface area contributed by atoms with E-state index in [0.29, 0.717) is 5.56 Å². The summed E-state index contributed by atoms with van der Waals surface area (Å²) in [6, 6.07) is 8.46. The number of aliphatic carboxylic acids is 1. The molecular weight excluding hydrogens is 196 g/mol. The van der Waals surface area contributed by atoms with Gasteiger partial charge in [-0.2, -0.15) is 5.26 Å². The highest BCUT2D eigenvalue weighted by Crippen LogP contribution is 2.02. The van der Waals surface area contributed by atoms with Crippen LogP contribution in [0, 0.1) is 11.3 Å². The first kappa shape index (κ1) is 10.7. The van der Waals surface area contributed by atoms with Gasteiger partial charge in [0.05, 0.1) is 11.6 Å². The van der Waals surface area contributed by atoms with Gasteiger partial charge in [-0.1, -0.05) is 12.1 Å². The van der Waals surface area contributed by atoms with E-state index in [4.69, 9.17) is 10.4 Å². The Morgan fingerprint density at radius 1 is 1.33 bits per heavy atom. The van der Waals surface area contributed by atoms with Crippen molar-refractivity contribution >= 4 is 11.9 Å². The van der Waals surface area contributed by atoms with Crippen molar-refractivity contribution in [2.24, 2.45) is 0 Å². The molecule has 0 fully saturated rings. The molecular formula is C10H8N2O3. The predicted octanol–water partition coefficient (Wildman–Crippen LogP) is 0.259. The van der Waals surface area contributed by atoms with E-state index in [0.717, 1.165) is 5.56 Å². The van der Waals surface area contributed by atoms with Crippen LogP contribution in [0.2, 0.25) is 0 Å². The lowest BCUT2D eigenvalue weighted by Gasteiger charge is -2.01. The summed E-state index contributed by atoms with van der Waals surface area (Å²) in [6.07, 6.45) is 0. The zero-order valence-corrected chi connectivity index (χ0v) is 7.73. The second-order valence-corrected chi connectivity index (χ2v) is 2.80. The molecule has 0 aliphatic rings. The number of hydrogen-bond acceptors (Lipinski definition) is 3. The number of carboxylic acids is 1. The summed E-state index contributed by atoms with van der Waals surface area (Å²) < 4.78 is 0. The summed E-state index contributed by atoms with van der Waals surface area (Å²) in [6.45, 7) is 0.136. The van der Waals surface area contributed by atoms with E-state index in [1.165, 1.54) is 0 Å². The third kappa shape index (κ3) is 3.12. The highest BCUT2D eigenvalue weighted by molar-refractivity contribution is 6.31. The summed E-state index contributed by atoms with van der Waals surface area (Å²) in [5.74, 6) is -2.55. The van der Waals surface area contributed by atoms with Gasteiger partial charge in [0.1, 0.15) is 0 Å². The average Bonchev–Trinajstić information content (AvgIpc) is 2.26. The number of nitrogens with one attached hydrogen (secondary N) is 1. The Hall–Kier alpha value is -2.35. The van der Waals surface area contributed by atoms with E-state index in [9.17, 15) is 9.59 Å². The molecule has 0 spiro atoms. The maximum absolute atomic E-state index is 10.7. The molecule has 1 aromatic rings. The van der Waals surface area contributed by atoms with E-state index < -0.39 is 11.9 Å². The summed E-state index contributed by atoms with van der Waals surface area (Å²) in [5, 5.41) is 19.0. The van der Waals surface area contributed by atoms with Gasteiger partial charge >= 0.3 is 11.9 Å². The molecule has 15 heavy (non-hydrogen) atoms. The van der Waals surface area contributed by atoms with Crippen molar-refractivity contribution in [1.82, 2.24) is 5.32 Å². The highest BCUT2D eigenvalue weighted by atomic mass is 16.4. The van der Waals surface area contributed by atoms with E-state index >= 15 is 0 Å². The standard InChI is InChI=1S/C10H8N2O3/c11-5-7-1-3-8(4-2-7)6-12-9(13)10(14)15/h1-4H,6H2,(H,12,13)(H,14,15). The zero-order chi connectivity index (χ0) is 11.3. The number of nitriles is 1. The largest absolute Gasteiger partial charge is 0.474 e. The van der Waals surface area contributed by atoms with Crippen molar-refractivity contribution in [2.75, 3.05) is 0 Å². The molecule has 2 N–H and O–H groups in total. The number of carbonyl (C=O) groups excluding carboxylic acids is 1. The second kappa shape index (κ2) is 4.77. The summed E-state index contributed by atoms with van der Waals surface area (Å²) >= 11 is 0. The lowest BCUT2D eigenvalue weighted by atomic mass is 10.1. The molecule has 1 rings (SSSR count). The maximum atomic E-state index is 10.7. The Morgan fingerprint density at radius 3 is 2.40 bits per heavy atom. The van der Waals surface area contributed by atoms with Gasteiger partial charge in [0.25, 0.3) is 0 Å². The van der Waals surface area contributed by atoms with Gasteiger partial charge in [0.2, 0.25) is 0 Å². The van der Waals surface area contributed by atoms with Gasteiger partial charge in [-0.25, -0.2) is 4.79 Å². The van der Waals surface area contributed by atoms with Gasteiger partial charge in [0.15, 0.2) is 0 Å². The maximum Gasteiger partial charge on any atom is 0.394 e. The second-order valence-electron chi connectivity index (χ2n) is 2.80. The monoisotopic (exact) mass is 204 g/mol. The van der Waals surface area contributed by atoms with Crippen LogP contribution in [-0.2, 0) is 16.1 Å². The molecule has 0 saturated carbocycles. The Bertz CT molecular complexity index is 417. The van der Waals surface area contributed by atoms with Gasteiger partial charge in [0, 0.05) is 6.54 Å². The minimum Gasteiger partial charge on any atom is -0.474 e. The third-order valence-corrected chi connectivity index (χ3v) is 1.73. The van der Waals surface area contributed by atoms with Crippen molar-refractivity contribution in [3.05, 3.63) is 35.4 Å². The average molecular weight is 204 g/mol. The minimum absolute atomic E-state index is 0.136. The van der Waals surface area contributed by atoms with Crippen molar-refractivity contribution in [1.29, 1.82) is 5.26 Å². The third-order valence-electron chi connectivity index (χ3n) is 1.73. The van der Waals surface area contributed by atoms with Crippen molar-refractivity contribution in [2.45, 2.75) is 6.54 Å². The topological polar surface area (TPSA) is 90.2 Å². The predicted molar refractivity (Wildman–Crippen MR) is 50.6 cm³/mol. The van der Waals surface area contributed by atoms with Crippen LogP contribution < -0.4 is 5.32 Å². The smallest absolute Gasteiger partial charge is 0.394 e. The first-order chi connectivity index (χ1) is 7.13. The normalized spacial score (nSPS) is 9.00. The van der Waals surface area contributed by atoms with Gasteiger partial charge < -0.3 is 10.4 Å². The van der Waals surface area contributed by atoms with Crippen LogP contribution in [0.3, 0.4) is 0 Å². The van der Waals surface area contributed by atoms with E-state index in [2.05, 4.69) is 5.32 Å². The summed E-state index contributed by atoms with van der Waals surface area (Å²) in [7, 11) is 0. The van der Waals surface area contributed by atoms with Gasteiger partial charge in [-0.3, -0.25) is 4.79 Å². The highest BCUT2D eigenvalue weighted by Gasteiger charge is 2.09. The number of amides is 1. The van der Waals surface area contributed by atoms with E-state index in [1.54, 1.807) is 24.3 Å². The lowest BCUT2D eigenvalue weighted by molar-refractivity contribution is -0.150. The fraction of sp³-hybridized carbons (Fsp3) is 0.100. The molecule has 1 amide bonds. The first-order valence-electron chi connectivity index (χ1n) is 4.13. The Labute approximate surface area is 86.0 Å². The number of nitrogens with zero attached hydrogens (tertiary/aromatic N) is 1. The molecule has 1 aromatic carbocycles. The van der Waals surface area contributed by atoms with Crippen LogP contribution in [0.4, 0.5) is 0 Å². The van der Waals surface area contributed by atoms with Crippen molar-refractivity contribution in [3.63, 3.8) is 0 Å². The molecule has 0 atom stereocenters. The Kier molecular flexibility index (Phi) is 3.41. The summed E-state index contributed by atoms with van der Waals surface area (Å²) in [5.41, 5.74) is 1.26. The van der Waals surface area contributed by atoms with Crippen molar-refractivity contribution < 1.29 is 14.7 Å². The molecule has 0 aliphatic heterocycles. The van der Waals surface area contributed by atoms with Gasteiger partial charge in [-0.15, -0.1) is 0 Å². The van der Waals surface area contributed by atoms with Crippen molar-refractivity contribution in [3.8, 4) is 6.07 Å². The van der Waals surface area contributed by atoms with E-state index in [-0.39, 0.29) is 6.54 Å². The number of carboxylic acid groups (broad SMARTS) is 1. The molecule has 0 radical (unpaired) electrons. The Morgan fingerprint density at radius 2 is 1.93 bits per heavy atom. The molecule has 0 bridgehead atoms. The number of rotatable bonds is 2. The van der Waals surface area contributed by atoms with Crippen LogP contribution in [0.5, 0.6) is 0 Å². The van der Waals surface area contributed by atoms with E-state index in [1.807, 2.05) is 6.07 Å². The Balaban J connectivity index is 2.56. The molecule has 0 heterocycles. The van der Waals surface area contributed by atoms with Crippen LogP contribution >= 0.6 is 0 Å².